The number of rotatable bonds is 5. The van der Waals surface area contributed by atoms with Crippen molar-refractivity contribution in [2.45, 2.75) is 6.92 Å². The Morgan fingerprint density at radius 3 is 2.75 bits per heavy atom. The quantitative estimate of drug-likeness (QED) is 0.694. The fraction of sp³-hybridized carbons (Fsp3) is 0.118. The Labute approximate surface area is 143 Å². The lowest BCUT2D eigenvalue weighted by molar-refractivity contribution is 0.102. The molecule has 1 amide bonds. The minimum atomic E-state index is -0.326. The van der Waals surface area contributed by atoms with Gasteiger partial charge in [-0.15, -0.1) is 11.3 Å². The van der Waals surface area contributed by atoms with Crippen molar-refractivity contribution in [3.8, 4) is 16.5 Å². The summed E-state index contributed by atoms with van der Waals surface area (Å²) in [4.78, 5) is 21.4. The third kappa shape index (κ3) is 3.52. The first kappa shape index (κ1) is 15.9. The van der Waals surface area contributed by atoms with E-state index in [4.69, 9.17) is 10.5 Å². The number of nitrogens with two attached hydrogens (primary N) is 1. The minimum Gasteiger partial charge on any atom is -0.464 e. The summed E-state index contributed by atoms with van der Waals surface area (Å²) < 4.78 is 5.16. The number of nitrogens with one attached hydrogen (secondary N) is 1. The Bertz CT molecular complexity index is 832. The summed E-state index contributed by atoms with van der Waals surface area (Å²) in [5.74, 6) is -0.326. The van der Waals surface area contributed by atoms with E-state index < -0.39 is 0 Å². The van der Waals surface area contributed by atoms with Gasteiger partial charge in [-0.1, -0.05) is 12.1 Å². The Morgan fingerprint density at radius 1 is 1.29 bits per heavy atom. The van der Waals surface area contributed by atoms with E-state index in [1.165, 1.54) is 12.4 Å². The second kappa shape index (κ2) is 7.10. The number of aromatic nitrogens is 2. The Balaban J connectivity index is 1.79. The van der Waals surface area contributed by atoms with Crippen LogP contribution in [0.2, 0.25) is 0 Å². The van der Waals surface area contributed by atoms with Gasteiger partial charge in [-0.05, 0) is 36.1 Å². The third-order valence-corrected chi connectivity index (χ3v) is 4.19. The molecule has 2 aromatic heterocycles. The van der Waals surface area contributed by atoms with E-state index in [9.17, 15) is 4.79 Å². The molecule has 0 fully saturated rings. The Morgan fingerprint density at radius 2 is 2.08 bits per heavy atom. The molecule has 7 heteroatoms. The molecule has 0 aliphatic carbocycles. The normalized spacial score (nSPS) is 10.4. The monoisotopic (exact) mass is 340 g/mol. The standard InChI is InChI=1S/C17H16N4O2S/c1-2-23-17-19-9-12(10-20-17)16(22)21-14-8-11(5-6-13(14)18)15-4-3-7-24-15/h3-10H,2,18H2,1H3,(H,21,22). The van der Waals surface area contributed by atoms with Crippen LogP contribution in [-0.2, 0) is 0 Å². The predicted octanol–water partition coefficient (Wildman–Crippen LogP) is 3.44. The molecule has 0 aliphatic rings. The van der Waals surface area contributed by atoms with Crippen LogP contribution in [0.3, 0.4) is 0 Å². The molecule has 24 heavy (non-hydrogen) atoms. The zero-order valence-electron chi connectivity index (χ0n) is 13.0. The summed E-state index contributed by atoms with van der Waals surface area (Å²) in [5, 5.41) is 4.80. The van der Waals surface area contributed by atoms with Crippen LogP contribution in [0.1, 0.15) is 17.3 Å². The summed E-state index contributed by atoms with van der Waals surface area (Å²) in [5.41, 5.74) is 8.35. The highest BCUT2D eigenvalue weighted by atomic mass is 32.1. The van der Waals surface area contributed by atoms with Crippen molar-refractivity contribution in [3.05, 3.63) is 53.7 Å². The summed E-state index contributed by atoms with van der Waals surface area (Å²) >= 11 is 1.62. The molecule has 1 aromatic carbocycles. The van der Waals surface area contributed by atoms with Crippen molar-refractivity contribution in [1.29, 1.82) is 0 Å². The average Bonchev–Trinajstić information content (AvgIpc) is 3.12. The molecule has 2 heterocycles. The highest BCUT2D eigenvalue weighted by Gasteiger charge is 2.11. The van der Waals surface area contributed by atoms with E-state index in [0.29, 0.717) is 23.5 Å². The SMILES string of the molecule is CCOc1ncc(C(=O)Nc2cc(-c3cccs3)ccc2N)cn1. The maximum absolute atomic E-state index is 12.3. The number of carbonyl (C=O) groups excluding carboxylic acids is 1. The molecular formula is C17H16N4O2S. The maximum Gasteiger partial charge on any atom is 0.316 e. The number of benzene rings is 1. The van der Waals surface area contributed by atoms with Crippen molar-refractivity contribution in [1.82, 2.24) is 9.97 Å². The van der Waals surface area contributed by atoms with Crippen LogP contribution in [0, 0.1) is 0 Å². The van der Waals surface area contributed by atoms with Gasteiger partial charge in [-0.2, -0.15) is 0 Å². The van der Waals surface area contributed by atoms with Crippen LogP contribution >= 0.6 is 11.3 Å². The van der Waals surface area contributed by atoms with Crippen LogP contribution in [0.15, 0.2) is 48.1 Å². The van der Waals surface area contributed by atoms with Crippen LogP contribution < -0.4 is 15.8 Å². The van der Waals surface area contributed by atoms with Gasteiger partial charge in [0, 0.05) is 17.3 Å². The van der Waals surface area contributed by atoms with Gasteiger partial charge < -0.3 is 15.8 Å². The first-order chi connectivity index (χ1) is 11.7. The molecule has 3 N–H and O–H groups in total. The van der Waals surface area contributed by atoms with Crippen LogP contribution in [0.25, 0.3) is 10.4 Å². The molecule has 0 saturated carbocycles. The van der Waals surface area contributed by atoms with Crippen molar-refractivity contribution < 1.29 is 9.53 Å². The van der Waals surface area contributed by atoms with Crippen LogP contribution in [0.5, 0.6) is 6.01 Å². The number of nitrogen functional groups attached to an aromatic ring is 1. The van der Waals surface area contributed by atoms with Gasteiger partial charge in [-0.3, -0.25) is 4.79 Å². The molecule has 3 rings (SSSR count). The largest absolute Gasteiger partial charge is 0.464 e. The summed E-state index contributed by atoms with van der Waals surface area (Å²) in [6.45, 7) is 2.31. The first-order valence-corrected chi connectivity index (χ1v) is 8.25. The number of hydrogen-bond donors (Lipinski definition) is 2. The van der Waals surface area contributed by atoms with E-state index in [2.05, 4.69) is 15.3 Å². The zero-order chi connectivity index (χ0) is 16.9. The maximum atomic E-state index is 12.3. The number of ether oxygens (including phenoxy) is 1. The van der Waals surface area contributed by atoms with Gasteiger partial charge in [0.05, 0.1) is 23.5 Å². The highest BCUT2D eigenvalue weighted by Crippen LogP contribution is 2.30. The smallest absolute Gasteiger partial charge is 0.316 e. The molecular weight excluding hydrogens is 324 g/mol. The van der Waals surface area contributed by atoms with Gasteiger partial charge in [0.25, 0.3) is 5.91 Å². The van der Waals surface area contributed by atoms with E-state index in [1.54, 1.807) is 17.4 Å². The van der Waals surface area contributed by atoms with Crippen LogP contribution in [-0.4, -0.2) is 22.5 Å². The summed E-state index contributed by atoms with van der Waals surface area (Å²) in [7, 11) is 0. The zero-order valence-corrected chi connectivity index (χ0v) is 13.8. The Hall–Kier alpha value is -2.93. The fourth-order valence-corrected chi connectivity index (χ4v) is 2.82. The second-order valence-electron chi connectivity index (χ2n) is 4.92. The lowest BCUT2D eigenvalue weighted by Crippen LogP contribution is -2.14. The molecule has 0 aliphatic heterocycles. The topological polar surface area (TPSA) is 90.1 Å². The van der Waals surface area contributed by atoms with Crippen molar-refractivity contribution in [2.75, 3.05) is 17.7 Å². The van der Waals surface area contributed by atoms with Crippen molar-refractivity contribution in [2.24, 2.45) is 0 Å². The van der Waals surface area contributed by atoms with Crippen LogP contribution in [0.4, 0.5) is 11.4 Å². The van der Waals surface area contributed by atoms with E-state index in [0.717, 1.165) is 10.4 Å². The molecule has 0 radical (unpaired) electrons. The van der Waals surface area contributed by atoms with Gasteiger partial charge in [0.15, 0.2) is 0 Å². The van der Waals surface area contributed by atoms with Gasteiger partial charge in [-0.25, -0.2) is 9.97 Å². The van der Waals surface area contributed by atoms with Crippen molar-refractivity contribution >= 4 is 28.6 Å². The van der Waals surface area contributed by atoms with E-state index >= 15 is 0 Å². The lowest BCUT2D eigenvalue weighted by Gasteiger charge is -2.10. The number of nitrogens with zero attached hydrogens (tertiary/aromatic N) is 2. The summed E-state index contributed by atoms with van der Waals surface area (Å²) in [6.07, 6.45) is 2.85. The molecule has 0 spiro atoms. The average molecular weight is 340 g/mol. The number of anilines is 2. The molecule has 0 saturated heterocycles. The predicted molar refractivity (Wildman–Crippen MR) is 95.3 cm³/mol. The fourth-order valence-electron chi connectivity index (χ4n) is 2.09. The number of carbonyl (C=O) groups is 1. The molecule has 0 bridgehead atoms. The van der Waals surface area contributed by atoms with E-state index in [-0.39, 0.29) is 11.9 Å². The first-order valence-electron chi connectivity index (χ1n) is 7.37. The van der Waals surface area contributed by atoms with Gasteiger partial charge in [0.2, 0.25) is 0 Å². The second-order valence-corrected chi connectivity index (χ2v) is 5.87. The van der Waals surface area contributed by atoms with Gasteiger partial charge in [0.1, 0.15) is 0 Å². The summed E-state index contributed by atoms with van der Waals surface area (Å²) in [6, 6.07) is 9.80. The molecule has 0 atom stereocenters. The van der Waals surface area contributed by atoms with Crippen molar-refractivity contribution in [3.63, 3.8) is 0 Å². The number of hydrogen-bond acceptors (Lipinski definition) is 6. The Kier molecular flexibility index (Phi) is 4.72. The number of amides is 1. The molecule has 6 nitrogen and oxygen atoms in total. The number of thiophene rings is 1. The third-order valence-electron chi connectivity index (χ3n) is 3.27. The molecule has 122 valence electrons. The van der Waals surface area contributed by atoms with E-state index in [1.807, 2.05) is 36.6 Å². The van der Waals surface area contributed by atoms with Gasteiger partial charge >= 0.3 is 6.01 Å². The molecule has 0 unspecified atom stereocenters. The highest BCUT2D eigenvalue weighted by molar-refractivity contribution is 7.13. The molecule has 3 aromatic rings. The lowest BCUT2D eigenvalue weighted by atomic mass is 10.1. The minimum absolute atomic E-state index is 0.244.